The highest BCUT2D eigenvalue weighted by atomic mass is 32.1. The van der Waals surface area contributed by atoms with Gasteiger partial charge < -0.3 is 15.0 Å². The van der Waals surface area contributed by atoms with E-state index in [1.165, 1.54) is 0 Å². The van der Waals surface area contributed by atoms with Crippen LogP contribution in [0.5, 0.6) is 0 Å². The van der Waals surface area contributed by atoms with Gasteiger partial charge in [0.25, 0.3) is 0 Å². The Bertz CT molecular complexity index is 985. The Morgan fingerprint density at radius 1 is 1.26 bits per heavy atom. The molecular formula is C24H33F3N4O2S. The Kier molecular flexibility index (Phi) is 8.23. The van der Waals surface area contributed by atoms with Crippen LogP contribution in [0.25, 0.3) is 0 Å². The molecule has 34 heavy (non-hydrogen) atoms. The average Bonchev–Trinajstić information content (AvgIpc) is 3.21. The van der Waals surface area contributed by atoms with Crippen LogP contribution in [0.3, 0.4) is 0 Å². The highest BCUT2D eigenvalue weighted by Gasteiger charge is 2.36. The monoisotopic (exact) mass is 498 g/mol. The summed E-state index contributed by atoms with van der Waals surface area (Å²) in [4.78, 5) is 17.8. The Balaban J connectivity index is 2.05. The number of Topliss-reactive ketones (excluding diaryl/α,β-unsaturated/α-hetero) is 1. The molecule has 0 aliphatic carbocycles. The standard InChI is InChI=1S/C24H33F3N4O2S/c1-15(2)14-31(18-8-10-33-11-9-18)20-7-6-17(23(4,5)13-16(3)32)12-19(20)28-22-29-21(30-34-22)24(25,26)27/h6-7,12,15,18H,8-11,13-14H2,1-5H3,(H,28,29,30). The molecule has 1 saturated heterocycles. The number of rotatable bonds is 9. The maximum absolute atomic E-state index is 13.1. The minimum absolute atomic E-state index is 0.0752. The molecule has 0 saturated carbocycles. The summed E-state index contributed by atoms with van der Waals surface area (Å²) in [6.45, 7) is 12.0. The average molecular weight is 499 g/mol. The number of carbonyl (C=O) groups excluding carboxylic acids is 1. The minimum atomic E-state index is -4.60. The van der Waals surface area contributed by atoms with Crippen LogP contribution < -0.4 is 10.2 Å². The lowest BCUT2D eigenvalue weighted by Crippen LogP contribution is -2.42. The summed E-state index contributed by atoms with van der Waals surface area (Å²) in [5, 5.41) is 3.19. The number of alkyl halides is 3. The fraction of sp³-hybridized carbons (Fsp3) is 0.625. The molecule has 2 heterocycles. The number of carbonyl (C=O) groups is 1. The molecule has 0 unspecified atom stereocenters. The van der Waals surface area contributed by atoms with Crippen molar-refractivity contribution in [2.75, 3.05) is 30.0 Å². The number of hydrogen-bond donors (Lipinski definition) is 1. The normalized spacial score (nSPS) is 15.6. The Labute approximate surface area is 203 Å². The highest BCUT2D eigenvalue weighted by Crippen LogP contribution is 2.39. The second kappa shape index (κ2) is 10.6. The third-order valence-corrected chi connectivity index (χ3v) is 6.52. The van der Waals surface area contributed by atoms with E-state index < -0.39 is 17.4 Å². The SMILES string of the molecule is CC(=O)CC(C)(C)c1ccc(N(CC(C)C)C2CCOCC2)c(Nc2nc(C(F)(F)F)ns2)c1. The Hall–Kier alpha value is -2.20. The van der Waals surface area contributed by atoms with Gasteiger partial charge >= 0.3 is 6.18 Å². The molecule has 10 heteroatoms. The molecule has 6 nitrogen and oxygen atoms in total. The van der Waals surface area contributed by atoms with E-state index in [-0.39, 0.29) is 17.0 Å². The van der Waals surface area contributed by atoms with Crippen LogP contribution in [0, 0.1) is 5.92 Å². The Morgan fingerprint density at radius 3 is 2.50 bits per heavy atom. The number of ether oxygens (including phenoxy) is 1. The van der Waals surface area contributed by atoms with Crippen molar-refractivity contribution in [2.24, 2.45) is 5.92 Å². The lowest BCUT2D eigenvalue weighted by atomic mass is 9.80. The van der Waals surface area contributed by atoms with Crippen LogP contribution in [0.1, 0.15) is 65.3 Å². The van der Waals surface area contributed by atoms with Crippen molar-refractivity contribution in [3.63, 3.8) is 0 Å². The van der Waals surface area contributed by atoms with Gasteiger partial charge in [-0.25, -0.2) is 0 Å². The molecule has 1 aliphatic rings. The number of aromatic nitrogens is 2. The van der Waals surface area contributed by atoms with Crippen molar-refractivity contribution in [3.8, 4) is 0 Å². The molecule has 0 amide bonds. The quantitative estimate of drug-likeness (QED) is 0.444. The van der Waals surface area contributed by atoms with Crippen molar-refractivity contribution in [1.29, 1.82) is 0 Å². The molecule has 3 rings (SSSR count). The summed E-state index contributed by atoms with van der Waals surface area (Å²) >= 11 is 0.680. The summed E-state index contributed by atoms with van der Waals surface area (Å²) in [6.07, 6.45) is -2.49. The summed E-state index contributed by atoms with van der Waals surface area (Å²) in [5.41, 5.74) is 2.05. The van der Waals surface area contributed by atoms with Gasteiger partial charge in [0.2, 0.25) is 11.0 Å². The molecule has 0 bridgehead atoms. The zero-order chi connectivity index (χ0) is 25.1. The maximum Gasteiger partial charge on any atom is 0.452 e. The van der Waals surface area contributed by atoms with Crippen LogP contribution in [-0.2, 0) is 21.1 Å². The number of halogens is 3. The molecule has 1 aromatic carbocycles. The zero-order valence-electron chi connectivity index (χ0n) is 20.3. The lowest BCUT2D eigenvalue weighted by molar-refractivity contribution is -0.144. The van der Waals surface area contributed by atoms with E-state index in [2.05, 4.69) is 33.4 Å². The fourth-order valence-electron chi connectivity index (χ4n) is 4.37. The van der Waals surface area contributed by atoms with E-state index in [0.717, 1.165) is 30.6 Å². The van der Waals surface area contributed by atoms with Crippen molar-refractivity contribution in [1.82, 2.24) is 9.36 Å². The molecule has 1 aromatic heterocycles. The predicted molar refractivity (Wildman–Crippen MR) is 129 cm³/mol. The van der Waals surface area contributed by atoms with Gasteiger partial charge in [0, 0.05) is 43.8 Å². The fourth-order valence-corrected chi connectivity index (χ4v) is 4.97. The van der Waals surface area contributed by atoms with Gasteiger partial charge in [-0.1, -0.05) is 33.8 Å². The van der Waals surface area contributed by atoms with E-state index >= 15 is 0 Å². The van der Waals surface area contributed by atoms with Crippen LogP contribution in [0.4, 0.5) is 29.7 Å². The first-order chi connectivity index (χ1) is 15.9. The number of benzene rings is 1. The van der Waals surface area contributed by atoms with Crippen molar-refractivity contribution in [2.45, 2.75) is 71.5 Å². The smallest absolute Gasteiger partial charge is 0.381 e. The van der Waals surface area contributed by atoms with Crippen LogP contribution in [0.2, 0.25) is 0 Å². The maximum atomic E-state index is 13.1. The van der Waals surface area contributed by atoms with Crippen molar-refractivity contribution in [3.05, 3.63) is 29.6 Å². The first kappa shape index (κ1) is 26.4. The summed E-state index contributed by atoms with van der Waals surface area (Å²) in [7, 11) is 0. The minimum Gasteiger partial charge on any atom is -0.381 e. The second-order valence-electron chi connectivity index (χ2n) is 9.93. The summed E-state index contributed by atoms with van der Waals surface area (Å²) < 4.78 is 48.3. The van der Waals surface area contributed by atoms with Crippen molar-refractivity contribution >= 4 is 33.8 Å². The molecule has 0 radical (unpaired) electrons. The van der Waals surface area contributed by atoms with E-state index in [4.69, 9.17) is 4.74 Å². The van der Waals surface area contributed by atoms with Gasteiger partial charge in [-0.3, -0.25) is 4.79 Å². The first-order valence-electron chi connectivity index (χ1n) is 11.5. The molecule has 1 N–H and O–H groups in total. The third kappa shape index (κ3) is 6.69. The number of hydrogen-bond acceptors (Lipinski definition) is 7. The van der Waals surface area contributed by atoms with Crippen LogP contribution in [-0.4, -0.2) is 40.9 Å². The largest absolute Gasteiger partial charge is 0.452 e. The van der Waals surface area contributed by atoms with Crippen LogP contribution >= 0.6 is 11.5 Å². The van der Waals surface area contributed by atoms with Gasteiger partial charge in [-0.05, 0) is 48.8 Å². The predicted octanol–water partition coefficient (Wildman–Crippen LogP) is 6.20. The number of nitrogens with one attached hydrogen (secondary N) is 1. The lowest BCUT2D eigenvalue weighted by Gasteiger charge is -2.39. The third-order valence-electron chi connectivity index (χ3n) is 5.89. The molecule has 1 aliphatic heterocycles. The molecule has 0 atom stereocenters. The number of anilines is 3. The van der Waals surface area contributed by atoms with E-state index in [1.54, 1.807) is 6.92 Å². The van der Waals surface area contributed by atoms with Crippen LogP contribution in [0.15, 0.2) is 18.2 Å². The van der Waals surface area contributed by atoms with Gasteiger partial charge in [0.1, 0.15) is 5.78 Å². The molecule has 188 valence electrons. The van der Waals surface area contributed by atoms with Gasteiger partial charge in [0.15, 0.2) is 0 Å². The molecule has 0 spiro atoms. The number of nitrogens with zero attached hydrogens (tertiary/aromatic N) is 3. The molecule has 2 aromatic rings. The Morgan fingerprint density at radius 2 is 1.94 bits per heavy atom. The molecule has 1 fully saturated rings. The zero-order valence-corrected chi connectivity index (χ0v) is 21.1. The summed E-state index contributed by atoms with van der Waals surface area (Å²) in [6, 6.07) is 6.20. The first-order valence-corrected chi connectivity index (χ1v) is 12.3. The van der Waals surface area contributed by atoms with E-state index in [9.17, 15) is 18.0 Å². The van der Waals surface area contributed by atoms with Gasteiger partial charge in [-0.2, -0.15) is 22.5 Å². The summed E-state index contributed by atoms with van der Waals surface area (Å²) in [5.74, 6) is -0.702. The number of ketones is 1. The van der Waals surface area contributed by atoms with Gasteiger partial charge in [-0.15, -0.1) is 0 Å². The highest BCUT2D eigenvalue weighted by molar-refractivity contribution is 7.09. The van der Waals surface area contributed by atoms with Gasteiger partial charge in [0.05, 0.1) is 11.4 Å². The van der Waals surface area contributed by atoms with E-state index in [1.807, 2.05) is 32.0 Å². The van der Waals surface area contributed by atoms with E-state index in [0.29, 0.717) is 42.8 Å². The topological polar surface area (TPSA) is 67.3 Å². The second-order valence-corrected chi connectivity index (χ2v) is 10.7. The molecular weight excluding hydrogens is 465 g/mol. The van der Waals surface area contributed by atoms with Crippen molar-refractivity contribution < 1.29 is 22.7 Å².